The molecule has 0 bridgehead atoms. The Morgan fingerprint density at radius 2 is 1.95 bits per heavy atom. The molecule has 0 spiro atoms. The lowest BCUT2D eigenvalue weighted by Crippen LogP contribution is -2.14. The molecule has 0 saturated carbocycles. The third-order valence-electron chi connectivity index (χ3n) is 3.30. The van der Waals surface area contributed by atoms with Crippen LogP contribution in [0.25, 0.3) is 0 Å². The Kier molecular flexibility index (Phi) is 4.53. The van der Waals surface area contributed by atoms with Crippen molar-refractivity contribution in [3.05, 3.63) is 59.4 Å². The second-order valence-electron chi connectivity index (χ2n) is 4.70. The minimum atomic E-state index is -0.0108. The van der Waals surface area contributed by atoms with Gasteiger partial charge in [0, 0.05) is 12.2 Å². The first-order valence-corrected chi connectivity index (χ1v) is 6.50. The third-order valence-corrected chi connectivity index (χ3v) is 3.30. The Bertz CT molecular complexity index is 523. The quantitative estimate of drug-likeness (QED) is 0.894. The van der Waals surface area contributed by atoms with Crippen LogP contribution in [0.15, 0.2) is 42.6 Å². The van der Waals surface area contributed by atoms with E-state index in [0.29, 0.717) is 0 Å². The molecule has 0 aliphatic rings. The topological polar surface area (TPSA) is 48.1 Å². The van der Waals surface area contributed by atoms with Gasteiger partial charge in [0.1, 0.15) is 5.75 Å². The van der Waals surface area contributed by atoms with Gasteiger partial charge >= 0.3 is 0 Å². The van der Waals surface area contributed by atoms with E-state index >= 15 is 0 Å². The van der Waals surface area contributed by atoms with Crippen LogP contribution >= 0.6 is 0 Å². The zero-order valence-electron chi connectivity index (χ0n) is 11.5. The van der Waals surface area contributed by atoms with Crippen LogP contribution in [-0.2, 0) is 6.42 Å². The van der Waals surface area contributed by atoms with E-state index in [1.54, 1.807) is 13.3 Å². The molecule has 1 aromatic heterocycles. The Hall–Kier alpha value is -1.87. The van der Waals surface area contributed by atoms with Gasteiger partial charge in [-0.2, -0.15) is 0 Å². The molecule has 2 aromatic rings. The van der Waals surface area contributed by atoms with Crippen LogP contribution in [0.4, 0.5) is 0 Å². The molecule has 1 atom stereocenters. The largest absolute Gasteiger partial charge is 0.497 e. The lowest BCUT2D eigenvalue weighted by atomic mass is 10.0. The van der Waals surface area contributed by atoms with Crippen molar-refractivity contribution in [3.8, 4) is 5.75 Å². The van der Waals surface area contributed by atoms with E-state index in [1.165, 1.54) is 5.56 Å². The number of methoxy groups -OCH3 is 1. The molecule has 0 aliphatic heterocycles. The van der Waals surface area contributed by atoms with Gasteiger partial charge in [-0.3, -0.25) is 4.98 Å². The van der Waals surface area contributed by atoms with Crippen LogP contribution in [-0.4, -0.2) is 12.1 Å². The first-order chi connectivity index (χ1) is 9.20. The number of benzene rings is 1. The van der Waals surface area contributed by atoms with Gasteiger partial charge in [-0.05, 0) is 49.1 Å². The Balaban J connectivity index is 1.96. The Morgan fingerprint density at radius 1 is 1.21 bits per heavy atom. The molecule has 2 rings (SSSR count). The highest BCUT2D eigenvalue weighted by atomic mass is 16.5. The van der Waals surface area contributed by atoms with Gasteiger partial charge in [0.25, 0.3) is 0 Å². The molecule has 0 fully saturated rings. The van der Waals surface area contributed by atoms with Gasteiger partial charge in [0.15, 0.2) is 0 Å². The summed E-state index contributed by atoms with van der Waals surface area (Å²) >= 11 is 0. The fourth-order valence-corrected chi connectivity index (χ4v) is 2.14. The highest BCUT2D eigenvalue weighted by Gasteiger charge is 2.10. The molecule has 19 heavy (non-hydrogen) atoms. The van der Waals surface area contributed by atoms with Gasteiger partial charge in [0.05, 0.1) is 12.8 Å². The average Bonchev–Trinajstić information content (AvgIpc) is 2.46. The van der Waals surface area contributed by atoms with Crippen molar-refractivity contribution in [1.82, 2.24) is 4.98 Å². The van der Waals surface area contributed by atoms with Crippen molar-refractivity contribution in [2.75, 3.05) is 7.11 Å². The molecule has 3 nitrogen and oxygen atoms in total. The van der Waals surface area contributed by atoms with E-state index in [-0.39, 0.29) is 6.04 Å². The normalized spacial score (nSPS) is 12.2. The van der Waals surface area contributed by atoms with Gasteiger partial charge < -0.3 is 10.5 Å². The summed E-state index contributed by atoms with van der Waals surface area (Å²) in [6.07, 6.45) is 3.64. The molecule has 1 heterocycles. The summed E-state index contributed by atoms with van der Waals surface area (Å²) < 4.78 is 5.15. The van der Waals surface area contributed by atoms with Gasteiger partial charge in [-0.15, -0.1) is 0 Å². The summed E-state index contributed by atoms with van der Waals surface area (Å²) in [5.74, 6) is 0.883. The summed E-state index contributed by atoms with van der Waals surface area (Å²) in [6.45, 7) is 2.05. The molecule has 1 unspecified atom stereocenters. The monoisotopic (exact) mass is 256 g/mol. The van der Waals surface area contributed by atoms with Crippen molar-refractivity contribution in [3.63, 3.8) is 0 Å². The van der Waals surface area contributed by atoms with Crippen LogP contribution < -0.4 is 10.5 Å². The predicted octanol–water partition coefficient (Wildman–Crippen LogP) is 3.03. The number of nitrogens with zero attached hydrogens (tertiary/aromatic N) is 1. The average molecular weight is 256 g/mol. The summed E-state index contributed by atoms with van der Waals surface area (Å²) in [4.78, 5) is 4.37. The smallest absolute Gasteiger partial charge is 0.118 e. The van der Waals surface area contributed by atoms with E-state index in [0.717, 1.165) is 29.8 Å². The zero-order valence-corrected chi connectivity index (χ0v) is 11.5. The van der Waals surface area contributed by atoms with E-state index in [9.17, 15) is 0 Å². The highest BCUT2D eigenvalue weighted by Crippen LogP contribution is 2.19. The molecule has 0 aliphatic carbocycles. The number of aryl methyl sites for hydroxylation is 2. The molecule has 3 heteroatoms. The SMILES string of the molecule is COc1ccc(CCC(N)c2ncccc2C)cc1. The fraction of sp³-hybridized carbons (Fsp3) is 0.312. The number of aromatic nitrogens is 1. The summed E-state index contributed by atoms with van der Waals surface area (Å²) in [7, 11) is 1.68. The van der Waals surface area contributed by atoms with Crippen molar-refractivity contribution >= 4 is 0 Å². The second kappa shape index (κ2) is 6.34. The van der Waals surface area contributed by atoms with E-state index in [4.69, 9.17) is 10.5 Å². The van der Waals surface area contributed by atoms with Crippen molar-refractivity contribution < 1.29 is 4.74 Å². The molecule has 0 radical (unpaired) electrons. The Labute approximate surface area is 114 Å². The van der Waals surface area contributed by atoms with E-state index < -0.39 is 0 Å². The molecule has 1 aromatic carbocycles. The maximum atomic E-state index is 6.21. The number of hydrogen-bond donors (Lipinski definition) is 1. The highest BCUT2D eigenvalue weighted by molar-refractivity contribution is 5.27. The van der Waals surface area contributed by atoms with Crippen LogP contribution in [0, 0.1) is 6.92 Å². The summed E-state index contributed by atoms with van der Waals surface area (Å²) in [5.41, 5.74) is 9.63. The lowest BCUT2D eigenvalue weighted by Gasteiger charge is -2.13. The molecule has 0 amide bonds. The van der Waals surface area contributed by atoms with Crippen LogP contribution in [0.3, 0.4) is 0 Å². The number of pyridine rings is 1. The lowest BCUT2D eigenvalue weighted by molar-refractivity contribution is 0.414. The van der Waals surface area contributed by atoms with Crippen molar-refractivity contribution in [2.24, 2.45) is 5.73 Å². The minimum absolute atomic E-state index is 0.0108. The first kappa shape index (κ1) is 13.6. The number of ether oxygens (including phenoxy) is 1. The van der Waals surface area contributed by atoms with Crippen LogP contribution in [0.2, 0.25) is 0 Å². The molecular weight excluding hydrogens is 236 g/mol. The van der Waals surface area contributed by atoms with E-state index in [1.807, 2.05) is 18.2 Å². The molecule has 2 N–H and O–H groups in total. The van der Waals surface area contributed by atoms with Gasteiger partial charge in [-0.25, -0.2) is 0 Å². The maximum Gasteiger partial charge on any atom is 0.118 e. The third kappa shape index (κ3) is 3.55. The number of rotatable bonds is 5. The summed E-state index contributed by atoms with van der Waals surface area (Å²) in [6, 6.07) is 12.1. The maximum absolute atomic E-state index is 6.21. The number of hydrogen-bond acceptors (Lipinski definition) is 3. The summed E-state index contributed by atoms with van der Waals surface area (Å²) in [5, 5.41) is 0. The van der Waals surface area contributed by atoms with Crippen molar-refractivity contribution in [2.45, 2.75) is 25.8 Å². The van der Waals surface area contributed by atoms with Gasteiger partial charge in [0.2, 0.25) is 0 Å². The van der Waals surface area contributed by atoms with Crippen LogP contribution in [0.1, 0.15) is 29.3 Å². The predicted molar refractivity (Wildman–Crippen MR) is 77.2 cm³/mol. The Morgan fingerprint density at radius 3 is 2.58 bits per heavy atom. The molecule has 100 valence electrons. The zero-order chi connectivity index (χ0) is 13.7. The van der Waals surface area contributed by atoms with Crippen LogP contribution in [0.5, 0.6) is 5.75 Å². The van der Waals surface area contributed by atoms with Gasteiger partial charge in [-0.1, -0.05) is 18.2 Å². The second-order valence-corrected chi connectivity index (χ2v) is 4.70. The number of nitrogens with two attached hydrogens (primary N) is 1. The molecular formula is C16H20N2O. The molecule has 0 saturated heterocycles. The standard InChI is InChI=1S/C16H20N2O/c1-12-4-3-11-18-16(12)15(17)10-7-13-5-8-14(19-2)9-6-13/h3-6,8-9,11,15H,7,10,17H2,1-2H3. The van der Waals surface area contributed by atoms with Crippen molar-refractivity contribution in [1.29, 1.82) is 0 Å². The fourth-order valence-electron chi connectivity index (χ4n) is 2.14. The first-order valence-electron chi connectivity index (χ1n) is 6.50. The van der Waals surface area contributed by atoms with E-state index in [2.05, 4.69) is 30.1 Å². The minimum Gasteiger partial charge on any atom is -0.497 e.